The van der Waals surface area contributed by atoms with E-state index >= 15 is 0 Å². The first-order chi connectivity index (χ1) is 17.1. The highest BCUT2D eigenvalue weighted by molar-refractivity contribution is 5.93. The van der Waals surface area contributed by atoms with Crippen LogP contribution >= 0.6 is 0 Å². The van der Waals surface area contributed by atoms with E-state index in [2.05, 4.69) is 14.9 Å². The average Bonchev–Trinajstić information content (AvgIpc) is 2.91. The van der Waals surface area contributed by atoms with E-state index in [-0.39, 0.29) is 23.6 Å². The summed E-state index contributed by atoms with van der Waals surface area (Å²) < 4.78 is 27.1. The molecule has 5 nitrogen and oxygen atoms in total. The quantitative estimate of drug-likeness (QED) is 0.413. The first-order valence-electron chi connectivity index (χ1n) is 11.5. The van der Waals surface area contributed by atoms with Gasteiger partial charge >= 0.3 is 0 Å². The molecule has 0 atom stereocenters. The minimum Gasteiger partial charge on any atom is -0.336 e. The van der Waals surface area contributed by atoms with Crippen LogP contribution in [-0.4, -0.2) is 51.9 Å². The topological polar surface area (TPSA) is 49.3 Å². The second kappa shape index (κ2) is 10.1. The van der Waals surface area contributed by atoms with Gasteiger partial charge in [-0.1, -0.05) is 54.6 Å². The van der Waals surface area contributed by atoms with Gasteiger partial charge in [-0.05, 0) is 35.4 Å². The van der Waals surface area contributed by atoms with Gasteiger partial charge in [0.2, 0.25) is 0 Å². The van der Waals surface area contributed by atoms with Gasteiger partial charge < -0.3 is 4.90 Å². The van der Waals surface area contributed by atoms with Gasteiger partial charge in [-0.15, -0.1) is 0 Å². The Balaban J connectivity index is 1.30. The number of aromatic nitrogens is 2. The Morgan fingerprint density at radius 2 is 1.23 bits per heavy atom. The second-order valence-corrected chi connectivity index (χ2v) is 8.50. The minimum atomic E-state index is -0.303. The van der Waals surface area contributed by atoms with Gasteiger partial charge in [0, 0.05) is 44.1 Å². The van der Waals surface area contributed by atoms with Crippen molar-refractivity contribution in [1.82, 2.24) is 19.8 Å². The lowest BCUT2D eigenvalue weighted by Crippen LogP contribution is -2.49. The zero-order valence-corrected chi connectivity index (χ0v) is 19.0. The number of benzene rings is 3. The van der Waals surface area contributed by atoms with Crippen molar-refractivity contribution in [1.29, 1.82) is 0 Å². The Bertz CT molecular complexity index is 1230. The van der Waals surface area contributed by atoms with Gasteiger partial charge in [-0.25, -0.2) is 18.7 Å². The number of carbonyl (C=O) groups excluding carboxylic acids is 1. The van der Waals surface area contributed by atoms with E-state index in [1.54, 1.807) is 41.6 Å². The summed E-state index contributed by atoms with van der Waals surface area (Å²) in [5.41, 5.74) is 3.19. The molecule has 0 saturated carbocycles. The van der Waals surface area contributed by atoms with Crippen molar-refractivity contribution >= 4 is 5.91 Å². The van der Waals surface area contributed by atoms with Crippen molar-refractivity contribution in [2.24, 2.45) is 0 Å². The zero-order valence-electron chi connectivity index (χ0n) is 19.0. The Kier molecular flexibility index (Phi) is 6.59. The molecule has 3 aromatic carbocycles. The molecule has 176 valence electrons. The molecule has 1 aromatic heterocycles. The molecule has 1 amide bonds. The van der Waals surface area contributed by atoms with E-state index in [4.69, 9.17) is 0 Å². The number of hydrogen-bond acceptors (Lipinski definition) is 4. The third-order valence-electron chi connectivity index (χ3n) is 6.27. The first kappa shape index (κ1) is 22.8. The van der Waals surface area contributed by atoms with Crippen molar-refractivity contribution in [3.63, 3.8) is 0 Å². The Hall–Kier alpha value is -3.97. The van der Waals surface area contributed by atoms with E-state index in [9.17, 15) is 13.6 Å². The number of rotatable bonds is 5. The zero-order chi connectivity index (χ0) is 24.2. The highest BCUT2D eigenvalue weighted by Gasteiger charge is 2.29. The van der Waals surface area contributed by atoms with Crippen LogP contribution < -0.4 is 0 Å². The molecule has 0 bridgehead atoms. The van der Waals surface area contributed by atoms with Crippen molar-refractivity contribution < 1.29 is 13.6 Å². The van der Waals surface area contributed by atoms with Crippen molar-refractivity contribution in [3.05, 3.63) is 120 Å². The second-order valence-electron chi connectivity index (χ2n) is 8.50. The van der Waals surface area contributed by atoms with Crippen molar-refractivity contribution in [2.75, 3.05) is 26.2 Å². The lowest BCUT2D eigenvalue weighted by molar-refractivity contribution is 0.0596. The summed E-state index contributed by atoms with van der Waals surface area (Å²) in [6, 6.07) is 22.2. The van der Waals surface area contributed by atoms with Gasteiger partial charge in [-0.2, -0.15) is 0 Å². The van der Waals surface area contributed by atoms with Crippen molar-refractivity contribution in [3.8, 4) is 11.4 Å². The van der Waals surface area contributed by atoms with E-state index in [0.29, 0.717) is 37.6 Å². The first-order valence-corrected chi connectivity index (χ1v) is 11.5. The van der Waals surface area contributed by atoms with Gasteiger partial charge in [0.25, 0.3) is 5.91 Å². The highest BCUT2D eigenvalue weighted by Crippen LogP contribution is 2.30. The van der Waals surface area contributed by atoms with Crippen LogP contribution in [0.2, 0.25) is 0 Å². The molecular formula is C28H24F2N4O. The number of nitrogens with zero attached hydrogens (tertiary/aromatic N) is 4. The fourth-order valence-electron chi connectivity index (χ4n) is 4.44. The molecule has 4 aromatic rings. The summed E-state index contributed by atoms with van der Waals surface area (Å²) in [7, 11) is 0. The largest absolute Gasteiger partial charge is 0.336 e. The van der Waals surface area contributed by atoms with Crippen LogP contribution in [0.5, 0.6) is 0 Å². The molecule has 0 radical (unpaired) electrons. The summed E-state index contributed by atoms with van der Waals surface area (Å²) >= 11 is 0. The third-order valence-corrected chi connectivity index (χ3v) is 6.27. The van der Waals surface area contributed by atoms with Crippen LogP contribution in [0, 0.1) is 11.6 Å². The molecule has 0 aliphatic carbocycles. The van der Waals surface area contributed by atoms with Crippen LogP contribution in [0.4, 0.5) is 8.78 Å². The van der Waals surface area contributed by atoms with Gasteiger partial charge in [-0.3, -0.25) is 9.69 Å². The van der Waals surface area contributed by atoms with Crippen LogP contribution in [0.25, 0.3) is 11.4 Å². The molecular weight excluding hydrogens is 446 g/mol. The van der Waals surface area contributed by atoms with Crippen LogP contribution in [-0.2, 0) is 0 Å². The Morgan fingerprint density at radius 1 is 0.714 bits per heavy atom. The average molecular weight is 471 g/mol. The third kappa shape index (κ3) is 5.10. The predicted molar refractivity (Wildman–Crippen MR) is 130 cm³/mol. The fourth-order valence-corrected chi connectivity index (χ4v) is 4.44. The molecule has 2 heterocycles. The lowest BCUT2D eigenvalue weighted by Gasteiger charge is -2.39. The van der Waals surface area contributed by atoms with Gasteiger partial charge in [0.15, 0.2) is 5.82 Å². The lowest BCUT2D eigenvalue weighted by atomic mass is 9.96. The number of hydrogen-bond donors (Lipinski definition) is 0. The summed E-state index contributed by atoms with van der Waals surface area (Å²) in [4.78, 5) is 25.9. The molecule has 1 aliphatic heterocycles. The summed E-state index contributed by atoms with van der Waals surface area (Å²) in [6.45, 7) is 2.29. The normalized spacial score (nSPS) is 14.3. The molecule has 1 fully saturated rings. The highest BCUT2D eigenvalue weighted by atomic mass is 19.1. The molecule has 1 saturated heterocycles. The maximum atomic E-state index is 13.6. The molecule has 0 N–H and O–H groups in total. The van der Waals surface area contributed by atoms with Crippen molar-refractivity contribution in [2.45, 2.75) is 6.04 Å². The number of piperazine rings is 1. The molecule has 5 rings (SSSR count). The summed E-state index contributed by atoms with van der Waals surface area (Å²) in [5, 5.41) is 0. The van der Waals surface area contributed by atoms with E-state index in [0.717, 1.165) is 16.7 Å². The van der Waals surface area contributed by atoms with Crippen LogP contribution in [0.15, 0.2) is 91.3 Å². The molecule has 35 heavy (non-hydrogen) atoms. The Morgan fingerprint density at radius 3 is 1.74 bits per heavy atom. The van der Waals surface area contributed by atoms with Crippen LogP contribution in [0.3, 0.4) is 0 Å². The maximum absolute atomic E-state index is 13.6. The van der Waals surface area contributed by atoms with Gasteiger partial charge in [0.05, 0.1) is 11.6 Å². The summed E-state index contributed by atoms with van der Waals surface area (Å²) in [5.74, 6) is -0.136. The molecule has 1 aliphatic rings. The molecule has 0 unspecified atom stereocenters. The standard InChI is InChI=1S/C28H24F2N4O/c29-24-10-6-20(7-11-24)26(21-8-12-25(30)13-9-21)33-14-16-34(17-15-33)28(35)23-18-31-27(32-19-23)22-4-2-1-3-5-22/h1-13,18-19,26H,14-17H2. The number of amides is 1. The van der Waals surface area contributed by atoms with Gasteiger partial charge in [0.1, 0.15) is 11.6 Å². The predicted octanol–water partition coefficient (Wildman–Crippen LogP) is 4.97. The minimum absolute atomic E-state index is 0.107. The van der Waals surface area contributed by atoms with E-state index < -0.39 is 0 Å². The van der Waals surface area contributed by atoms with E-state index in [1.807, 2.05) is 30.3 Å². The van der Waals surface area contributed by atoms with Crippen LogP contribution in [0.1, 0.15) is 27.5 Å². The fraction of sp³-hybridized carbons (Fsp3) is 0.179. The number of carbonyl (C=O) groups is 1. The van der Waals surface area contributed by atoms with E-state index in [1.165, 1.54) is 24.3 Å². The monoisotopic (exact) mass is 470 g/mol. The SMILES string of the molecule is O=C(c1cnc(-c2ccccc2)nc1)N1CCN(C(c2ccc(F)cc2)c2ccc(F)cc2)CC1. The molecule has 0 spiro atoms. The number of halogens is 2. The maximum Gasteiger partial charge on any atom is 0.257 e. The smallest absolute Gasteiger partial charge is 0.257 e. The Labute approximate surface area is 202 Å². The molecule has 7 heteroatoms. The summed E-state index contributed by atoms with van der Waals surface area (Å²) in [6.07, 6.45) is 3.15.